The summed E-state index contributed by atoms with van der Waals surface area (Å²) in [6.45, 7) is 5.19. The summed E-state index contributed by atoms with van der Waals surface area (Å²) in [7, 11) is 0. The van der Waals surface area contributed by atoms with Crippen molar-refractivity contribution in [1.82, 2.24) is 9.80 Å². The van der Waals surface area contributed by atoms with E-state index in [1.54, 1.807) is 0 Å². The minimum absolute atomic E-state index is 0.252. The van der Waals surface area contributed by atoms with Gasteiger partial charge in [0, 0.05) is 76.6 Å². The van der Waals surface area contributed by atoms with Gasteiger partial charge in [0.05, 0.1) is 0 Å². The van der Waals surface area contributed by atoms with Crippen molar-refractivity contribution in [3.63, 3.8) is 0 Å². The number of fused-ring (bicyclic) bond motifs is 2. The lowest BCUT2D eigenvalue weighted by Gasteiger charge is -2.31. The molecule has 0 N–H and O–H groups in total. The molecule has 7 rings (SSSR count). The summed E-state index contributed by atoms with van der Waals surface area (Å²) < 4.78 is 1.48. The van der Waals surface area contributed by atoms with Gasteiger partial charge in [-0.3, -0.25) is 29.0 Å². The maximum absolute atomic E-state index is 13.9. The number of carbonyl (C=O) groups excluding carboxylic acids is 4. The van der Waals surface area contributed by atoms with Crippen molar-refractivity contribution in [2.75, 3.05) is 13.1 Å². The summed E-state index contributed by atoms with van der Waals surface area (Å²) >= 11 is 7.63. The number of hydrogen-bond donors (Lipinski definition) is 0. The molecule has 0 bridgehead atoms. The van der Waals surface area contributed by atoms with Crippen LogP contribution in [0.2, 0.25) is 0 Å². The number of benzene rings is 5. The maximum Gasteiger partial charge on any atom is 0.261 e. The second-order valence-corrected chi connectivity index (χ2v) is 15.2. The molecule has 0 saturated heterocycles. The van der Waals surface area contributed by atoms with Gasteiger partial charge in [-0.1, -0.05) is 122 Å². The molecule has 4 amide bonds. The van der Waals surface area contributed by atoms with Crippen molar-refractivity contribution < 1.29 is 19.2 Å². The van der Waals surface area contributed by atoms with E-state index in [9.17, 15) is 19.2 Å². The van der Waals surface area contributed by atoms with Gasteiger partial charge >= 0.3 is 0 Å². The van der Waals surface area contributed by atoms with Crippen LogP contribution in [0.25, 0.3) is 43.1 Å². The molecule has 6 nitrogen and oxygen atoms in total. The molecular formula is C40H40Br2N2O4. The minimum atomic E-state index is -0.262. The average molecular weight is 773 g/mol. The summed E-state index contributed by atoms with van der Waals surface area (Å²) in [5.74, 6) is -1.03. The maximum atomic E-state index is 13.9. The van der Waals surface area contributed by atoms with Crippen LogP contribution in [0.3, 0.4) is 0 Å². The zero-order valence-electron chi connectivity index (χ0n) is 27.6. The second-order valence-electron chi connectivity index (χ2n) is 13.4. The molecule has 2 aliphatic heterocycles. The lowest BCUT2D eigenvalue weighted by molar-refractivity contribution is 0.0592. The Balaban J connectivity index is 1.33. The third-order valence-electron chi connectivity index (χ3n) is 10.4. The molecule has 248 valence electrons. The SMILES string of the molecule is CCCCCCCCN1C(=O)c2ccc3c4c(Br)cc5c6c(ccc(c7c(Br)cc(c2c37)C1=O)c64)C(=O)N(CCCCCCCC)C5=O. The van der Waals surface area contributed by atoms with Gasteiger partial charge in [0.1, 0.15) is 0 Å². The van der Waals surface area contributed by atoms with E-state index in [0.29, 0.717) is 46.1 Å². The van der Waals surface area contributed by atoms with Gasteiger partial charge in [-0.15, -0.1) is 0 Å². The van der Waals surface area contributed by atoms with E-state index in [0.717, 1.165) is 79.8 Å². The first-order chi connectivity index (χ1) is 23.3. The zero-order chi connectivity index (χ0) is 33.7. The molecule has 8 heteroatoms. The fraction of sp³-hybridized carbons (Fsp3) is 0.400. The van der Waals surface area contributed by atoms with Crippen molar-refractivity contribution in [3.8, 4) is 0 Å². The Bertz CT molecular complexity index is 1990. The highest BCUT2D eigenvalue weighted by atomic mass is 79.9. The molecule has 0 aliphatic carbocycles. The molecule has 0 spiro atoms. The van der Waals surface area contributed by atoms with E-state index in [2.05, 4.69) is 45.7 Å². The average Bonchev–Trinajstić information content (AvgIpc) is 3.08. The summed E-state index contributed by atoms with van der Waals surface area (Å²) in [6.07, 6.45) is 12.9. The van der Waals surface area contributed by atoms with Crippen LogP contribution >= 0.6 is 31.9 Å². The van der Waals surface area contributed by atoms with Crippen LogP contribution in [0, 0.1) is 0 Å². The fourth-order valence-electron chi connectivity index (χ4n) is 7.97. The Morgan fingerprint density at radius 2 is 0.792 bits per heavy atom. The number of carbonyl (C=O) groups is 4. The number of hydrogen-bond acceptors (Lipinski definition) is 4. The van der Waals surface area contributed by atoms with Crippen LogP contribution in [0.15, 0.2) is 45.3 Å². The highest BCUT2D eigenvalue weighted by Crippen LogP contribution is 2.50. The summed E-state index contributed by atoms with van der Waals surface area (Å²) in [5, 5.41) is 6.49. The molecule has 5 aromatic rings. The van der Waals surface area contributed by atoms with Gasteiger partial charge in [-0.05, 0) is 47.9 Å². The highest BCUT2D eigenvalue weighted by Gasteiger charge is 2.37. The van der Waals surface area contributed by atoms with Crippen LogP contribution in [0.1, 0.15) is 132 Å². The predicted molar refractivity (Wildman–Crippen MR) is 201 cm³/mol. The largest absolute Gasteiger partial charge is 0.274 e. The van der Waals surface area contributed by atoms with Crippen LogP contribution in [-0.2, 0) is 0 Å². The van der Waals surface area contributed by atoms with E-state index in [4.69, 9.17) is 0 Å². The number of rotatable bonds is 14. The second kappa shape index (κ2) is 13.5. The molecule has 2 aliphatic rings. The molecule has 0 atom stereocenters. The Morgan fingerprint density at radius 3 is 1.19 bits per heavy atom. The van der Waals surface area contributed by atoms with Crippen LogP contribution in [-0.4, -0.2) is 46.5 Å². The molecular weight excluding hydrogens is 732 g/mol. The fourth-order valence-corrected chi connectivity index (χ4v) is 9.26. The molecule has 0 radical (unpaired) electrons. The molecule has 48 heavy (non-hydrogen) atoms. The van der Waals surface area contributed by atoms with Crippen LogP contribution < -0.4 is 0 Å². The third kappa shape index (κ3) is 5.25. The monoisotopic (exact) mass is 770 g/mol. The first-order valence-electron chi connectivity index (χ1n) is 17.6. The van der Waals surface area contributed by atoms with Gasteiger partial charge in [-0.2, -0.15) is 0 Å². The van der Waals surface area contributed by atoms with Crippen molar-refractivity contribution >= 4 is 98.6 Å². The topological polar surface area (TPSA) is 74.8 Å². The summed E-state index contributed by atoms with van der Waals surface area (Å²) in [6, 6.07) is 11.3. The first kappa shape index (κ1) is 33.2. The smallest absolute Gasteiger partial charge is 0.261 e. The molecule has 0 fully saturated rings. The quantitative estimate of drug-likeness (QED) is 0.0488. The van der Waals surface area contributed by atoms with Crippen molar-refractivity contribution in [2.24, 2.45) is 0 Å². The number of halogens is 2. The molecule has 0 saturated carbocycles. The highest BCUT2D eigenvalue weighted by molar-refractivity contribution is 9.11. The van der Waals surface area contributed by atoms with Crippen molar-refractivity contribution in [1.29, 1.82) is 0 Å². The third-order valence-corrected chi connectivity index (χ3v) is 11.6. The van der Waals surface area contributed by atoms with E-state index in [-0.39, 0.29) is 23.6 Å². The van der Waals surface area contributed by atoms with E-state index >= 15 is 0 Å². The lowest BCUT2D eigenvalue weighted by atomic mass is 9.82. The van der Waals surface area contributed by atoms with Crippen LogP contribution in [0.5, 0.6) is 0 Å². The van der Waals surface area contributed by atoms with E-state index in [1.165, 1.54) is 48.3 Å². The Morgan fingerprint density at radius 1 is 0.438 bits per heavy atom. The summed E-state index contributed by atoms with van der Waals surface area (Å²) in [5.41, 5.74) is 2.10. The van der Waals surface area contributed by atoms with Gasteiger partial charge in [-0.25, -0.2) is 0 Å². The minimum Gasteiger partial charge on any atom is -0.274 e. The number of amides is 4. The number of unbranched alkanes of at least 4 members (excludes halogenated alkanes) is 10. The van der Waals surface area contributed by atoms with Crippen molar-refractivity contribution in [3.05, 3.63) is 67.6 Å². The van der Waals surface area contributed by atoms with Gasteiger partial charge in [0.2, 0.25) is 0 Å². The zero-order valence-corrected chi connectivity index (χ0v) is 30.8. The molecule has 2 heterocycles. The first-order valence-corrected chi connectivity index (χ1v) is 19.2. The Kier molecular flexibility index (Phi) is 9.33. The standard InChI is InChI=1S/C40H40Br2N2O4/c1-3-5-7-9-11-13-19-43-37(45)25-17-15-23-34-30(42)22-28-32-26(38(46)44(40(28)48)20-14-12-10-8-6-4-2)18-16-24(36(32)34)33-29(41)21-27(39(43)47)31(25)35(23)33/h15-18,21-22H,3-14,19-20H2,1-2H3. The van der Waals surface area contributed by atoms with Gasteiger partial charge in [0.25, 0.3) is 23.6 Å². The van der Waals surface area contributed by atoms with Gasteiger partial charge < -0.3 is 0 Å². The number of imide groups is 2. The van der Waals surface area contributed by atoms with Gasteiger partial charge in [0.15, 0.2) is 0 Å². The molecule has 0 unspecified atom stereocenters. The molecule has 5 aromatic carbocycles. The van der Waals surface area contributed by atoms with E-state index < -0.39 is 0 Å². The van der Waals surface area contributed by atoms with Crippen molar-refractivity contribution in [2.45, 2.75) is 90.9 Å². The molecule has 0 aromatic heterocycles. The lowest BCUT2D eigenvalue weighted by Crippen LogP contribution is -2.41. The normalized spacial score (nSPS) is 14.7. The summed E-state index contributed by atoms with van der Waals surface area (Å²) in [4.78, 5) is 58.5. The number of nitrogens with zero attached hydrogens (tertiary/aromatic N) is 2. The van der Waals surface area contributed by atoms with Crippen LogP contribution in [0.4, 0.5) is 0 Å². The Labute approximate surface area is 297 Å². The predicted octanol–water partition coefficient (Wildman–Crippen LogP) is 11.2. The Hall–Kier alpha value is -3.36. The van der Waals surface area contributed by atoms with E-state index in [1.807, 2.05) is 36.4 Å².